The first-order chi connectivity index (χ1) is 10.2. The molecule has 2 aromatic carbocycles. The van der Waals surface area contributed by atoms with Crippen molar-refractivity contribution in [1.29, 1.82) is 0 Å². The summed E-state index contributed by atoms with van der Waals surface area (Å²) in [4.78, 5) is 2.21. The first kappa shape index (κ1) is 15.5. The van der Waals surface area contributed by atoms with Crippen LogP contribution in [-0.4, -0.2) is 13.6 Å². The molecule has 0 aliphatic rings. The predicted octanol–water partition coefficient (Wildman–Crippen LogP) is 4.13. The Bertz CT molecular complexity index is 569. The van der Waals surface area contributed by atoms with Crippen molar-refractivity contribution in [2.45, 2.75) is 26.4 Å². The number of hydrogen-bond acceptors (Lipinski definition) is 2. The number of anilines is 1. The summed E-state index contributed by atoms with van der Waals surface area (Å²) in [5, 5.41) is 3.14. The van der Waals surface area contributed by atoms with E-state index in [0.29, 0.717) is 0 Å². The van der Waals surface area contributed by atoms with Gasteiger partial charge in [-0.1, -0.05) is 36.4 Å². The van der Waals surface area contributed by atoms with Crippen LogP contribution in [0.1, 0.15) is 31.0 Å². The van der Waals surface area contributed by atoms with Gasteiger partial charge in [-0.3, -0.25) is 0 Å². The van der Waals surface area contributed by atoms with Gasteiger partial charge in [0.15, 0.2) is 0 Å². The van der Waals surface area contributed by atoms with Crippen molar-refractivity contribution in [3.05, 3.63) is 65.5 Å². The number of rotatable bonds is 6. The molecule has 0 aliphatic carbocycles. The van der Waals surface area contributed by atoms with E-state index in [1.807, 2.05) is 38.2 Å². The van der Waals surface area contributed by atoms with Gasteiger partial charge in [-0.05, 0) is 38.6 Å². The molecule has 112 valence electrons. The molecular formula is C18H23FN2. The molecule has 1 unspecified atom stereocenters. The minimum atomic E-state index is -0.152. The van der Waals surface area contributed by atoms with Gasteiger partial charge in [0.05, 0.1) is 0 Å². The lowest BCUT2D eigenvalue weighted by Crippen LogP contribution is -2.26. The molecule has 0 aromatic heterocycles. The zero-order valence-corrected chi connectivity index (χ0v) is 12.9. The number of hydrogen-bond donors (Lipinski definition) is 1. The van der Waals surface area contributed by atoms with Crippen molar-refractivity contribution in [3.8, 4) is 0 Å². The van der Waals surface area contributed by atoms with Crippen molar-refractivity contribution in [2.24, 2.45) is 0 Å². The fraction of sp³-hybridized carbons (Fsp3) is 0.333. The van der Waals surface area contributed by atoms with E-state index in [1.54, 1.807) is 6.07 Å². The smallest absolute Gasteiger partial charge is 0.130 e. The van der Waals surface area contributed by atoms with E-state index in [4.69, 9.17) is 0 Å². The number of nitrogens with zero attached hydrogens (tertiary/aromatic N) is 1. The second-order valence-corrected chi connectivity index (χ2v) is 5.18. The van der Waals surface area contributed by atoms with Crippen molar-refractivity contribution in [3.63, 3.8) is 0 Å². The summed E-state index contributed by atoms with van der Waals surface area (Å²) < 4.78 is 14.3. The summed E-state index contributed by atoms with van der Waals surface area (Å²) in [6, 6.07) is 15.6. The maximum atomic E-state index is 14.3. The number of nitrogens with one attached hydrogen (secondary N) is 1. The Hall–Kier alpha value is -1.87. The molecule has 2 rings (SSSR count). The van der Waals surface area contributed by atoms with Crippen LogP contribution in [0.5, 0.6) is 0 Å². The highest BCUT2D eigenvalue weighted by molar-refractivity contribution is 5.56. The fourth-order valence-electron chi connectivity index (χ4n) is 2.55. The lowest BCUT2D eigenvalue weighted by molar-refractivity contribution is 0.559. The molecule has 2 aromatic rings. The minimum absolute atomic E-state index is 0.0222. The molecule has 0 fully saturated rings. The van der Waals surface area contributed by atoms with Gasteiger partial charge >= 0.3 is 0 Å². The van der Waals surface area contributed by atoms with Gasteiger partial charge in [0.1, 0.15) is 5.82 Å². The highest BCUT2D eigenvalue weighted by atomic mass is 19.1. The predicted molar refractivity (Wildman–Crippen MR) is 87.0 cm³/mol. The van der Waals surface area contributed by atoms with E-state index in [1.165, 1.54) is 11.6 Å². The molecule has 0 amide bonds. The summed E-state index contributed by atoms with van der Waals surface area (Å²) in [5.74, 6) is -0.152. The summed E-state index contributed by atoms with van der Waals surface area (Å²) in [5.41, 5.74) is 2.92. The van der Waals surface area contributed by atoms with Crippen LogP contribution < -0.4 is 10.2 Å². The molecule has 2 nitrogen and oxygen atoms in total. The molecule has 0 saturated carbocycles. The van der Waals surface area contributed by atoms with Crippen LogP contribution in [0.25, 0.3) is 0 Å². The Labute approximate surface area is 126 Å². The Balaban J connectivity index is 2.36. The molecule has 0 bridgehead atoms. The molecule has 1 N–H and O–H groups in total. The van der Waals surface area contributed by atoms with E-state index >= 15 is 0 Å². The monoisotopic (exact) mass is 286 g/mol. The molecule has 21 heavy (non-hydrogen) atoms. The second-order valence-electron chi connectivity index (χ2n) is 5.18. The maximum Gasteiger partial charge on any atom is 0.130 e. The summed E-state index contributed by atoms with van der Waals surface area (Å²) in [7, 11) is 1.86. The van der Waals surface area contributed by atoms with Crippen molar-refractivity contribution < 1.29 is 4.39 Å². The van der Waals surface area contributed by atoms with Crippen LogP contribution in [0.4, 0.5) is 10.1 Å². The summed E-state index contributed by atoms with van der Waals surface area (Å²) in [6.45, 7) is 5.70. The van der Waals surface area contributed by atoms with Gasteiger partial charge in [-0.2, -0.15) is 0 Å². The quantitative estimate of drug-likeness (QED) is 0.859. The van der Waals surface area contributed by atoms with E-state index in [2.05, 4.69) is 29.3 Å². The average molecular weight is 286 g/mol. The Kier molecular flexibility index (Phi) is 5.34. The van der Waals surface area contributed by atoms with Crippen LogP contribution in [-0.2, 0) is 6.54 Å². The fourth-order valence-corrected chi connectivity index (χ4v) is 2.55. The minimum Gasteiger partial charge on any atom is -0.367 e. The lowest BCUT2D eigenvalue weighted by Gasteiger charge is -2.28. The lowest BCUT2D eigenvalue weighted by atomic mass is 10.0. The first-order valence-electron chi connectivity index (χ1n) is 7.42. The summed E-state index contributed by atoms with van der Waals surface area (Å²) in [6.07, 6.45) is 0. The zero-order valence-electron chi connectivity index (χ0n) is 12.9. The Morgan fingerprint density at radius 2 is 1.81 bits per heavy atom. The van der Waals surface area contributed by atoms with Gasteiger partial charge in [0, 0.05) is 30.4 Å². The SMILES string of the molecule is CCN(Cc1ccccc1)c1cccc(F)c1C(C)NC. The molecule has 0 spiro atoms. The van der Waals surface area contributed by atoms with Crippen LogP contribution in [0.15, 0.2) is 48.5 Å². The average Bonchev–Trinajstić information content (AvgIpc) is 2.52. The van der Waals surface area contributed by atoms with Crippen LogP contribution >= 0.6 is 0 Å². The molecular weight excluding hydrogens is 263 g/mol. The zero-order chi connectivity index (χ0) is 15.2. The third-order valence-corrected chi connectivity index (χ3v) is 3.83. The van der Waals surface area contributed by atoms with Crippen molar-refractivity contribution in [2.75, 3.05) is 18.5 Å². The van der Waals surface area contributed by atoms with E-state index in [0.717, 1.165) is 24.3 Å². The molecule has 0 radical (unpaired) electrons. The molecule has 0 aliphatic heterocycles. The topological polar surface area (TPSA) is 15.3 Å². The van der Waals surface area contributed by atoms with Crippen LogP contribution in [0, 0.1) is 5.82 Å². The van der Waals surface area contributed by atoms with Crippen molar-refractivity contribution >= 4 is 5.69 Å². The highest BCUT2D eigenvalue weighted by Gasteiger charge is 2.18. The molecule has 0 heterocycles. The molecule has 1 atom stereocenters. The second kappa shape index (κ2) is 7.23. The maximum absolute atomic E-state index is 14.3. The van der Waals surface area contributed by atoms with Gasteiger partial charge in [-0.25, -0.2) is 4.39 Å². The van der Waals surface area contributed by atoms with E-state index in [-0.39, 0.29) is 11.9 Å². The standard InChI is InChI=1S/C18H23FN2/c1-4-21(13-15-9-6-5-7-10-15)17-12-8-11-16(19)18(17)14(2)20-3/h5-12,14,20H,4,13H2,1-3H3. The largest absolute Gasteiger partial charge is 0.367 e. The Morgan fingerprint density at radius 1 is 1.10 bits per heavy atom. The van der Waals surface area contributed by atoms with Gasteiger partial charge in [0.2, 0.25) is 0 Å². The molecule has 3 heteroatoms. The van der Waals surface area contributed by atoms with Crippen molar-refractivity contribution in [1.82, 2.24) is 5.32 Å². The van der Waals surface area contributed by atoms with Crippen LogP contribution in [0.2, 0.25) is 0 Å². The summed E-state index contributed by atoms with van der Waals surface area (Å²) >= 11 is 0. The number of benzene rings is 2. The molecule has 0 saturated heterocycles. The highest BCUT2D eigenvalue weighted by Crippen LogP contribution is 2.29. The van der Waals surface area contributed by atoms with E-state index in [9.17, 15) is 4.39 Å². The Morgan fingerprint density at radius 3 is 2.43 bits per heavy atom. The van der Waals surface area contributed by atoms with Gasteiger partial charge in [-0.15, -0.1) is 0 Å². The number of halogens is 1. The van der Waals surface area contributed by atoms with Gasteiger partial charge < -0.3 is 10.2 Å². The first-order valence-corrected chi connectivity index (χ1v) is 7.42. The van der Waals surface area contributed by atoms with E-state index < -0.39 is 0 Å². The third kappa shape index (κ3) is 3.61. The third-order valence-electron chi connectivity index (χ3n) is 3.83. The van der Waals surface area contributed by atoms with Gasteiger partial charge in [0.25, 0.3) is 0 Å². The normalized spacial score (nSPS) is 12.2. The van der Waals surface area contributed by atoms with Crippen LogP contribution in [0.3, 0.4) is 0 Å².